The predicted molar refractivity (Wildman–Crippen MR) is 94.1 cm³/mol. The summed E-state index contributed by atoms with van der Waals surface area (Å²) < 4.78 is 16.2. The molecule has 1 heterocycles. The van der Waals surface area contributed by atoms with E-state index in [2.05, 4.69) is 9.84 Å². The van der Waals surface area contributed by atoms with Gasteiger partial charge < -0.3 is 14.2 Å². The van der Waals surface area contributed by atoms with E-state index in [4.69, 9.17) is 9.47 Å². The summed E-state index contributed by atoms with van der Waals surface area (Å²) in [5, 5.41) is 3.92. The summed E-state index contributed by atoms with van der Waals surface area (Å²) in [5.41, 5.74) is -1.10. The molecule has 1 aromatic rings. The van der Waals surface area contributed by atoms with Gasteiger partial charge in [-0.25, -0.2) is 9.59 Å². The van der Waals surface area contributed by atoms with Crippen molar-refractivity contribution < 1.29 is 28.6 Å². The van der Waals surface area contributed by atoms with Crippen LogP contribution in [-0.2, 0) is 19.0 Å². The smallest absolute Gasteiger partial charge is 0.435 e. The molecule has 0 atom stereocenters. The van der Waals surface area contributed by atoms with Crippen molar-refractivity contribution in [2.75, 3.05) is 18.6 Å². The minimum atomic E-state index is -0.720. The maximum absolute atomic E-state index is 12.5. The van der Waals surface area contributed by atoms with Crippen LogP contribution in [-0.4, -0.2) is 52.8 Å². The highest BCUT2D eigenvalue weighted by Crippen LogP contribution is 2.19. The number of carbonyl (C=O) groups excluding carboxylic acids is 3. The van der Waals surface area contributed by atoms with Gasteiger partial charge in [-0.1, -0.05) is 0 Å². The Labute approximate surface area is 153 Å². The van der Waals surface area contributed by atoms with Crippen molar-refractivity contribution in [3.05, 3.63) is 12.4 Å². The lowest BCUT2D eigenvalue weighted by molar-refractivity contribution is -0.140. The van der Waals surface area contributed by atoms with Gasteiger partial charge >= 0.3 is 18.2 Å². The van der Waals surface area contributed by atoms with Crippen LogP contribution in [0.5, 0.6) is 0 Å². The first-order valence-corrected chi connectivity index (χ1v) is 8.18. The van der Waals surface area contributed by atoms with Gasteiger partial charge in [0, 0.05) is 6.54 Å². The fourth-order valence-corrected chi connectivity index (χ4v) is 1.81. The first kappa shape index (κ1) is 21.5. The van der Waals surface area contributed by atoms with Gasteiger partial charge in [-0.05, 0) is 41.5 Å². The molecule has 9 nitrogen and oxygen atoms in total. The standard InChI is InChI=1S/C17H27N3O6/c1-16(2,3)25-14(22)19(9-8-13(21)24-7)12-10-18-20(11-12)15(23)26-17(4,5)6/h10-11H,8-9H2,1-7H3. The fourth-order valence-electron chi connectivity index (χ4n) is 1.81. The van der Waals surface area contributed by atoms with Gasteiger partial charge in [-0.3, -0.25) is 9.69 Å². The van der Waals surface area contributed by atoms with Crippen LogP contribution >= 0.6 is 0 Å². The highest BCUT2D eigenvalue weighted by atomic mass is 16.6. The zero-order valence-corrected chi connectivity index (χ0v) is 16.4. The van der Waals surface area contributed by atoms with Crippen LogP contribution < -0.4 is 4.90 Å². The number of aromatic nitrogens is 2. The molecule has 0 aliphatic carbocycles. The van der Waals surface area contributed by atoms with E-state index in [-0.39, 0.29) is 13.0 Å². The zero-order valence-electron chi connectivity index (χ0n) is 16.4. The lowest BCUT2D eigenvalue weighted by Gasteiger charge is -2.26. The molecule has 0 aliphatic rings. The minimum absolute atomic E-state index is 0.0155. The topological polar surface area (TPSA) is 100.0 Å². The van der Waals surface area contributed by atoms with E-state index >= 15 is 0 Å². The molecule has 0 spiro atoms. The van der Waals surface area contributed by atoms with Gasteiger partial charge in [0.05, 0.1) is 31.6 Å². The number of carbonyl (C=O) groups is 3. The molecule has 0 aromatic carbocycles. The maximum Gasteiger partial charge on any atom is 0.435 e. The van der Waals surface area contributed by atoms with Crippen LogP contribution in [0.15, 0.2) is 12.4 Å². The quantitative estimate of drug-likeness (QED) is 0.594. The molecule has 0 radical (unpaired) electrons. The van der Waals surface area contributed by atoms with Crippen LogP contribution in [0.4, 0.5) is 15.3 Å². The van der Waals surface area contributed by atoms with Gasteiger partial charge in [-0.2, -0.15) is 9.78 Å². The Bertz CT molecular complexity index is 654. The van der Waals surface area contributed by atoms with Gasteiger partial charge in [0.2, 0.25) is 0 Å². The van der Waals surface area contributed by atoms with E-state index in [1.807, 2.05) is 0 Å². The van der Waals surface area contributed by atoms with E-state index < -0.39 is 29.4 Å². The first-order valence-electron chi connectivity index (χ1n) is 8.18. The highest BCUT2D eigenvalue weighted by Gasteiger charge is 2.26. The number of methoxy groups -OCH3 is 1. The average Bonchev–Trinajstić information content (AvgIpc) is 2.93. The van der Waals surface area contributed by atoms with Gasteiger partial charge in [-0.15, -0.1) is 0 Å². The molecule has 1 amide bonds. The maximum atomic E-state index is 12.5. The second-order valence-electron chi connectivity index (χ2n) is 7.58. The van der Waals surface area contributed by atoms with Gasteiger partial charge in [0.15, 0.2) is 0 Å². The zero-order chi connectivity index (χ0) is 20.1. The first-order chi connectivity index (χ1) is 11.8. The summed E-state index contributed by atoms with van der Waals surface area (Å²) in [6, 6.07) is 0. The number of hydrogen-bond donors (Lipinski definition) is 0. The molecule has 0 unspecified atom stereocenters. The van der Waals surface area contributed by atoms with Gasteiger partial charge in [0.25, 0.3) is 0 Å². The molecule has 146 valence electrons. The van der Waals surface area contributed by atoms with Crippen LogP contribution in [0, 0.1) is 0 Å². The largest absolute Gasteiger partial charge is 0.469 e. The molecule has 26 heavy (non-hydrogen) atoms. The predicted octanol–water partition coefficient (Wildman–Crippen LogP) is 2.97. The summed E-state index contributed by atoms with van der Waals surface area (Å²) >= 11 is 0. The van der Waals surface area contributed by atoms with Crippen LogP contribution in [0.1, 0.15) is 48.0 Å². The number of anilines is 1. The Morgan fingerprint density at radius 2 is 1.65 bits per heavy atom. The second kappa shape index (κ2) is 8.20. The van der Waals surface area contributed by atoms with Crippen molar-refractivity contribution in [3.8, 4) is 0 Å². The Morgan fingerprint density at radius 3 is 2.15 bits per heavy atom. The lowest BCUT2D eigenvalue weighted by Crippen LogP contribution is -2.38. The SMILES string of the molecule is COC(=O)CCN(C(=O)OC(C)(C)C)c1cnn(C(=O)OC(C)(C)C)c1. The van der Waals surface area contributed by atoms with Crippen molar-refractivity contribution in [1.29, 1.82) is 0 Å². The number of hydrogen-bond acceptors (Lipinski definition) is 7. The van der Waals surface area contributed by atoms with Crippen LogP contribution in [0.25, 0.3) is 0 Å². The number of amides is 1. The Morgan fingerprint density at radius 1 is 1.08 bits per heavy atom. The molecule has 0 saturated heterocycles. The van der Waals surface area contributed by atoms with E-state index in [0.717, 1.165) is 4.68 Å². The molecule has 9 heteroatoms. The van der Waals surface area contributed by atoms with Gasteiger partial charge in [0.1, 0.15) is 11.2 Å². The third kappa shape index (κ3) is 7.12. The van der Waals surface area contributed by atoms with Crippen molar-refractivity contribution in [2.24, 2.45) is 0 Å². The van der Waals surface area contributed by atoms with E-state index in [9.17, 15) is 14.4 Å². The van der Waals surface area contributed by atoms with E-state index in [1.165, 1.54) is 24.4 Å². The van der Waals surface area contributed by atoms with Crippen molar-refractivity contribution >= 4 is 23.8 Å². The van der Waals surface area contributed by atoms with E-state index in [1.54, 1.807) is 41.5 Å². The highest BCUT2D eigenvalue weighted by molar-refractivity contribution is 5.88. The van der Waals surface area contributed by atoms with Crippen molar-refractivity contribution in [1.82, 2.24) is 9.78 Å². The molecule has 0 saturated carbocycles. The molecule has 0 N–H and O–H groups in total. The molecule has 0 fully saturated rings. The fraction of sp³-hybridized carbons (Fsp3) is 0.647. The summed E-state index contributed by atoms with van der Waals surface area (Å²) in [5.74, 6) is -0.474. The average molecular weight is 369 g/mol. The third-order valence-electron chi connectivity index (χ3n) is 2.84. The molecule has 0 bridgehead atoms. The number of rotatable bonds is 4. The third-order valence-corrected chi connectivity index (χ3v) is 2.84. The molecule has 1 rings (SSSR count). The molecular weight excluding hydrogens is 342 g/mol. The van der Waals surface area contributed by atoms with Crippen molar-refractivity contribution in [3.63, 3.8) is 0 Å². The summed E-state index contributed by atoms with van der Waals surface area (Å²) in [6.45, 7) is 10.4. The van der Waals surface area contributed by atoms with Crippen LogP contribution in [0.3, 0.4) is 0 Å². The summed E-state index contributed by atoms with van der Waals surface area (Å²) in [4.78, 5) is 37.2. The summed E-state index contributed by atoms with van der Waals surface area (Å²) in [7, 11) is 1.26. The normalized spacial score (nSPS) is 11.7. The lowest BCUT2D eigenvalue weighted by atomic mass is 10.2. The Hall–Kier alpha value is -2.58. The number of ether oxygens (including phenoxy) is 3. The van der Waals surface area contributed by atoms with Crippen molar-refractivity contribution in [2.45, 2.75) is 59.2 Å². The monoisotopic (exact) mass is 369 g/mol. The van der Waals surface area contributed by atoms with E-state index in [0.29, 0.717) is 5.69 Å². The Balaban J connectivity index is 3.01. The number of nitrogens with zero attached hydrogens (tertiary/aromatic N) is 3. The minimum Gasteiger partial charge on any atom is -0.469 e. The molecule has 0 aliphatic heterocycles. The Kier molecular flexibility index (Phi) is 6.77. The second-order valence-corrected chi connectivity index (χ2v) is 7.58. The molecule has 1 aromatic heterocycles. The molecular formula is C17H27N3O6. The summed E-state index contributed by atoms with van der Waals surface area (Å²) in [6.07, 6.45) is 1.29. The number of esters is 1. The van der Waals surface area contributed by atoms with Crippen LogP contribution in [0.2, 0.25) is 0 Å².